The zero-order valence-corrected chi connectivity index (χ0v) is 12.7. The van der Waals surface area contributed by atoms with Gasteiger partial charge in [-0.3, -0.25) is 5.01 Å². The minimum atomic E-state index is -0.239. The first-order chi connectivity index (χ1) is 9.67. The maximum atomic E-state index is 13.4. The molecule has 0 aliphatic carbocycles. The average Bonchev–Trinajstić information content (AvgIpc) is 2.46. The molecule has 0 spiro atoms. The summed E-state index contributed by atoms with van der Waals surface area (Å²) < 4.78 is 14.4. The highest BCUT2D eigenvalue weighted by atomic mass is 79.9. The maximum absolute atomic E-state index is 13.4. The molecular weight excluding hydrogens is 319 g/mol. The molecule has 0 saturated carbocycles. The van der Waals surface area contributed by atoms with Crippen LogP contribution in [-0.2, 0) is 6.54 Å². The molecule has 0 N–H and O–H groups in total. The smallest absolute Gasteiger partial charge is 0.125 e. The van der Waals surface area contributed by atoms with E-state index in [0.717, 1.165) is 22.3 Å². The molecule has 1 aliphatic heterocycles. The van der Waals surface area contributed by atoms with E-state index in [4.69, 9.17) is 0 Å². The topological polar surface area (TPSA) is 15.6 Å². The van der Waals surface area contributed by atoms with E-state index in [1.54, 1.807) is 6.07 Å². The second-order valence-corrected chi connectivity index (χ2v) is 5.65. The van der Waals surface area contributed by atoms with E-state index in [9.17, 15) is 4.39 Å². The molecule has 1 aliphatic rings. The molecule has 0 amide bonds. The van der Waals surface area contributed by atoms with Crippen LogP contribution in [0.4, 0.5) is 10.1 Å². The van der Waals surface area contributed by atoms with Gasteiger partial charge in [0.2, 0.25) is 0 Å². The normalized spacial score (nSPS) is 13.9. The molecule has 2 aromatic carbocycles. The number of nitrogens with zero attached hydrogens (tertiary/aromatic N) is 2. The second-order valence-electron chi connectivity index (χ2n) is 4.74. The lowest BCUT2D eigenvalue weighted by Gasteiger charge is -2.27. The van der Waals surface area contributed by atoms with Gasteiger partial charge in [-0.05, 0) is 42.3 Å². The first kappa shape index (κ1) is 13.3. The highest BCUT2D eigenvalue weighted by Crippen LogP contribution is 2.28. The Hall–Kier alpha value is -1.68. The van der Waals surface area contributed by atoms with Gasteiger partial charge >= 0.3 is 0 Å². The summed E-state index contributed by atoms with van der Waals surface area (Å²) in [5, 5.41) is 6.52. The molecule has 0 saturated heterocycles. The van der Waals surface area contributed by atoms with E-state index in [1.165, 1.54) is 23.3 Å². The molecule has 1 heterocycles. The molecule has 0 bridgehead atoms. The Kier molecular flexibility index (Phi) is 3.57. The molecule has 20 heavy (non-hydrogen) atoms. The van der Waals surface area contributed by atoms with Gasteiger partial charge < -0.3 is 0 Å². The number of rotatable bonds is 2. The van der Waals surface area contributed by atoms with E-state index in [2.05, 4.69) is 40.1 Å². The van der Waals surface area contributed by atoms with Crippen molar-refractivity contribution in [3.05, 3.63) is 63.9 Å². The predicted octanol–water partition coefficient (Wildman–Crippen LogP) is 4.72. The summed E-state index contributed by atoms with van der Waals surface area (Å²) >= 11 is 3.50. The summed E-state index contributed by atoms with van der Waals surface area (Å²) in [5.74, 6) is -0.239. The van der Waals surface area contributed by atoms with Crippen LogP contribution in [0, 0.1) is 5.82 Å². The summed E-state index contributed by atoms with van der Waals surface area (Å²) in [7, 11) is 0. The third-order valence-corrected chi connectivity index (χ3v) is 3.88. The number of hydrogen-bond acceptors (Lipinski definition) is 2. The first-order valence-corrected chi connectivity index (χ1v) is 7.36. The van der Waals surface area contributed by atoms with Crippen LogP contribution in [0.3, 0.4) is 0 Å². The van der Waals surface area contributed by atoms with Crippen molar-refractivity contribution in [1.29, 1.82) is 0 Å². The number of anilines is 1. The van der Waals surface area contributed by atoms with E-state index >= 15 is 0 Å². The fourth-order valence-electron chi connectivity index (χ4n) is 2.40. The fraction of sp³-hybridized carbons (Fsp3) is 0.188. The van der Waals surface area contributed by atoms with Crippen LogP contribution < -0.4 is 5.01 Å². The van der Waals surface area contributed by atoms with Crippen molar-refractivity contribution in [2.24, 2.45) is 5.10 Å². The first-order valence-electron chi connectivity index (χ1n) is 6.57. The zero-order chi connectivity index (χ0) is 14.1. The minimum Gasteiger partial charge on any atom is -0.261 e. The molecule has 2 aromatic rings. The summed E-state index contributed by atoms with van der Waals surface area (Å²) in [6.45, 7) is 2.74. The molecule has 2 nitrogen and oxygen atoms in total. The highest BCUT2D eigenvalue weighted by molar-refractivity contribution is 9.10. The fourth-order valence-corrected chi connectivity index (χ4v) is 2.76. The molecule has 102 valence electrons. The molecule has 0 atom stereocenters. The van der Waals surface area contributed by atoms with Gasteiger partial charge in [-0.15, -0.1) is 0 Å². The summed E-state index contributed by atoms with van der Waals surface area (Å²) in [5.41, 5.74) is 4.19. The van der Waals surface area contributed by atoms with Gasteiger partial charge in [0.15, 0.2) is 0 Å². The van der Waals surface area contributed by atoms with Crippen molar-refractivity contribution in [2.75, 3.05) is 5.01 Å². The number of benzene rings is 2. The van der Waals surface area contributed by atoms with Crippen molar-refractivity contribution in [3.8, 4) is 0 Å². The van der Waals surface area contributed by atoms with Crippen LogP contribution in [-0.4, -0.2) is 5.71 Å². The van der Waals surface area contributed by atoms with Crippen LogP contribution in [0.2, 0.25) is 0 Å². The molecule has 0 unspecified atom stereocenters. The number of hydrazone groups is 1. The van der Waals surface area contributed by atoms with Crippen molar-refractivity contribution in [3.63, 3.8) is 0 Å². The lowest BCUT2D eigenvalue weighted by Crippen LogP contribution is -2.25. The Morgan fingerprint density at radius 1 is 1.25 bits per heavy atom. The van der Waals surface area contributed by atoms with Gasteiger partial charge in [0.05, 0.1) is 17.9 Å². The Bertz CT molecular complexity index is 682. The lowest BCUT2D eigenvalue weighted by molar-refractivity contribution is 0.626. The van der Waals surface area contributed by atoms with Gasteiger partial charge in [-0.25, -0.2) is 4.39 Å². The standard InChI is InChI=1S/C16H14BrFN2/c1-2-16-15-8-12(17)7-6-11(15)10-20(19-16)14-5-3-4-13(18)9-14/h3-9H,2,10H2,1H3. The van der Waals surface area contributed by atoms with Gasteiger partial charge in [-0.2, -0.15) is 5.10 Å². The number of hydrogen-bond donors (Lipinski definition) is 0. The molecule has 0 aromatic heterocycles. The van der Waals surface area contributed by atoms with E-state index in [0.29, 0.717) is 6.54 Å². The van der Waals surface area contributed by atoms with Crippen molar-refractivity contribution < 1.29 is 4.39 Å². The Morgan fingerprint density at radius 3 is 2.85 bits per heavy atom. The largest absolute Gasteiger partial charge is 0.261 e. The lowest BCUT2D eigenvalue weighted by atomic mass is 9.99. The quantitative estimate of drug-likeness (QED) is 0.776. The van der Waals surface area contributed by atoms with Crippen LogP contribution in [0.5, 0.6) is 0 Å². The summed E-state index contributed by atoms with van der Waals surface area (Å²) in [6, 6.07) is 12.8. The van der Waals surface area contributed by atoms with Crippen molar-refractivity contribution >= 4 is 27.3 Å². The second kappa shape index (κ2) is 5.37. The SMILES string of the molecule is CCC1=NN(c2cccc(F)c2)Cc2ccc(Br)cc21. The van der Waals surface area contributed by atoms with E-state index in [1.807, 2.05) is 17.1 Å². The van der Waals surface area contributed by atoms with Gasteiger partial charge in [0, 0.05) is 10.0 Å². The van der Waals surface area contributed by atoms with E-state index < -0.39 is 0 Å². The zero-order valence-electron chi connectivity index (χ0n) is 11.1. The Labute approximate surface area is 126 Å². The molecule has 3 rings (SSSR count). The van der Waals surface area contributed by atoms with Crippen LogP contribution in [0.15, 0.2) is 52.0 Å². The summed E-state index contributed by atoms with van der Waals surface area (Å²) in [6.07, 6.45) is 0.843. The third-order valence-electron chi connectivity index (χ3n) is 3.39. The maximum Gasteiger partial charge on any atom is 0.125 e. The third kappa shape index (κ3) is 2.48. The average molecular weight is 333 g/mol. The Balaban J connectivity index is 2.04. The highest BCUT2D eigenvalue weighted by Gasteiger charge is 2.19. The Morgan fingerprint density at radius 2 is 2.10 bits per heavy atom. The van der Waals surface area contributed by atoms with Gasteiger partial charge in [-0.1, -0.05) is 35.0 Å². The van der Waals surface area contributed by atoms with E-state index in [-0.39, 0.29) is 5.82 Å². The number of fused-ring (bicyclic) bond motifs is 1. The van der Waals surface area contributed by atoms with Gasteiger partial charge in [0.1, 0.15) is 5.82 Å². The molecule has 0 fully saturated rings. The number of halogens is 2. The molecular formula is C16H14BrFN2. The molecule has 4 heteroatoms. The van der Waals surface area contributed by atoms with Gasteiger partial charge in [0.25, 0.3) is 0 Å². The molecule has 0 radical (unpaired) electrons. The predicted molar refractivity (Wildman–Crippen MR) is 83.6 cm³/mol. The van der Waals surface area contributed by atoms with Crippen LogP contribution in [0.25, 0.3) is 0 Å². The monoisotopic (exact) mass is 332 g/mol. The minimum absolute atomic E-state index is 0.239. The van der Waals surface area contributed by atoms with Crippen molar-refractivity contribution in [1.82, 2.24) is 0 Å². The van der Waals surface area contributed by atoms with Crippen LogP contribution >= 0.6 is 15.9 Å². The summed E-state index contributed by atoms with van der Waals surface area (Å²) in [4.78, 5) is 0. The van der Waals surface area contributed by atoms with Crippen LogP contribution in [0.1, 0.15) is 24.5 Å². The van der Waals surface area contributed by atoms with Crippen molar-refractivity contribution in [2.45, 2.75) is 19.9 Å².